The molecule has 2 saturated carbocycles. The minimum atomic E-state index is 0.672. The van der Waals surface area contributed by atoms with Crippen LogP contribution in [-0.2, 0) is 6.42 Å². The molecule has 3 unspecified atom stereocenters. The lowest BCUT2D eigenvalue weighted by atomic mass is 10.0. The predicted molar refractivity (Wildman–Crippen MR) is 69.7 cm³/mol. The zero-order valence-corrected chi connectivity index (χ0v) is 10.6. The number of hydrogen-bond donors (Lipinski definition) is 1. The lowest BCUT2D eigenvalue weighted by Crippen LogP contribution is -2.31. The Kier molecular flexibility index (Phi) is 3.15. The van der Waals surface area contributed by atoms with Crippen molar-refractivity contribution >= 4 is 0 Å². The summed E-state index contributed by atoms with van der Waals surface area (Å²) in [5.41, 5.74) is 1.42. The highest BCUT2D eigenvalue weighted by Gasteiger charge is 2.53. The van der Waals surface area contributed by atoms with Crippen LogP contribution in [0.5, 0.6) is 0 Å². The van der Waals surface area contributed by atoms with E-state index in [-0.39, 0.29) is 0 Å². The Bertz CT molecular complexity index is 350. The predicted octanol–water partition coefficient (Wildman–Crippen LogP) is 2.65. The number of aromatic nitrogens is 1. The molecule has 0 amide bonds. The van der Waals surface area contributed by atoms with Gasteiger partial charge in [0.05, 0.1) is 0 Å². The highest BCUT2D eigenvalue weighted by molar-refractivity contribution is 5.14. The molecule has 0 radical (unpaired) electrons. The average molecular weight is 230 g/mol. The number of nitrogens with one attached hydrogen (secondary N) is 1. The van der Waals surface area contributed by atoms with Crippen molar-refractivity contribution < 1.29 is 0 Å². The van der Waals surface area contributed by atoms with Crippen LogP contribution in [0.15, 0.2) is 24.5 Å². The smallest absolute Gasteiger partial charge is 0.0270 e. The first kappa shape index (κ1) is 11.2. The van der Waals surface area contributed by atoms with Crippen LogP contribution in [0.25, 0.3) is 0 Å². The van der Waals surface area contributed by atoms with Crippen LogP contribution in [0, 0.1) is 17.8 Å². The maximum Gasteiger partial charge on any atom is 0.0270 e. The zero-order valence-electron chi connectivity index (χ0n) is 10.6. The summed E-state index contributed by atoms with van der Waals surface area (Å²) in [6.07, 6.45) is 10.8. The van der Waals surface area contributed by atoms with E-state index in [1.807, 2.05) is 12.4 Å². The summed E-state index contributed by atoms with van der Waals surface area (Å²) in [4.78, 5) is 4.09. The molecule has 3 rings (SSSR count). The van der Waals surface area contributed by atoms with Crippen LogP contribution in [0.3, 0.4) is 0 Å². The van der Waals surface area contributed by atoms with Gasteiger partial charge in [0.2, 0.25) is 0 Å². The van der Waals surface area contributed by atoms with Crippen molar-refractivity contribution in [3.63, 3.8) is 0 Å². The summed E-state index contributed by atoms with van der Waals surface area (Å²) >= 11 is 0. The van der Waals surface area contributed by atoms with Gasteiger partial charge in [-0.2, -0.15) is 0 Å². The van der Waals surface area contributed by atoms with Gasteiger partial charge in [0, 0.05) is 18.4 Å². The molecule has 2 aliphatic rings. The third-order valence-electron chi connectivity index (χ3n) is 4.76. The fourth-order valence-electron chi connectivity index (χ4n) is 3.85. The summed E-state index contributed by atoms with van der Waals surface area (Å²) in [7, 11) is 2.12. The van der Waals surface area contributed by atoms with Crippen LogP contribution in [0.2, 0.25) is 0 Å². The van der Waals surface area contributed by atoms with Gasteiger partial charge in [-0.15, -0.1) is 0 Å². The first-order valence-electron chi connectivity index (χ1n) is 6.96. The third-order valence-corrected chi connectivity index (χ3v) is 4.76. The summed E-state index contributed by atoms with van der Waals surface area (Å²) in [6, 6.07) is 4.97. The van der Waals surface area contributed by atoms with E-state index in [9.17, 15) is 0 Å². The molecule has 0 bridgehead atoms. The normalized spacial score (nSPS) is 32.9. The SMILES string of the molecule is CNC(Cc1ccncc1)C1C2CCCCC21. The molecule has 1 heterocycles. The van der Waals surface area contributed by atoms with E-state index in [4.69, 9.17) is 0 Å². The Morgan fingerprint density at radius 1 is 1.24 bits per heavy atom. The maximum atomic E-state index is 4.09. The fraction of sp³-hybridized carbons (Fsp3) is 0.667. The van der Waals surface area contributed by atoms with Crippen molar-refractivity contribution in [3.8, 4) is 0 Å². The molecule has 0 spiro atoms. The van der Waals surface area contributed by atoms with Gasteiger partial charge in [0.1, 0.15) is 0 Å². The Morgan fingerprint density at radius 3 is 2.47 bits per heavy atom. The molecule has 92 valence electrons. The molecule has 0 aliphatic heterocycles. The Morgan fingerprint density at radius 2 is 1.88 bits per heavy atom. The fourth-order valence-corrected chi connectivity index (χ4v) is 3.85. The average Bonchev–Trinajstić information content (AvgIpc) is 3.11. The summed E-state index contributed by atoms with van der Waals surface area (Å²) in [5, 5.41) is 3.55. The van der Waals surface area contributed by atoms with Crippen molar-refractivity contribution in [3.05, 3.63) is 30.1 Å². The van der Waals surface area contributed by atoms with E-state index in [0.717, 1.165) is 24.2 Å². The topological polar surface area (TPSA) is 24.9 Å². The van der Waals surface area contributed by atoms with Crippen molar-refractivity contribution in [2.24, 2.45) is 17.8 Å². The molecule has 0 aromatic carbocycles. The van der Waals surface area contributed by atoms with Crippen molar-refractivity contribution in [1.29, 1.82) is 0 Å². The lowest BCUT2D eigenvalue weighted by Gasteiger charge is -2.16. The molecule has 1 aromatic heterocycles. The van der Waals surface area contributed by atoms with E-state index in [2.05, 4.69) is 29.5 Å². The van der Waals surface area contributed by atoms with Gasteiger partial charge in [-0.1, -0.05) is 12.8 Å². The van der Waals surface area contributed by atoms with E-state index >= 15 is 0 Å². The van der Waals surface area contributed by atoms with Gasteiger partial charge in [-0.05, 0) is 61.8 Å². The largest absolute Gasteiger partial charge is 0.316 e. The van der Waals surface area contributed by atoms with Gasteiger partial charge in [0.15, 0.2) is 0 Å². The summed E-state index contributed by atoms with van der Waals surface area (Å²) in [6.45, 7) is 0. The third kappa shape index (κ3) is 2.23. The van der Waals surface area contributed by atoms with E-state index < -0.39 is 0 Å². The number of likely N-dealkylation sites (N-methyl/N-ethyl adjacent to an activating group) is 1. The van der Waals surface area contributed by atoms with Crippen LogP contribution in [0.1, 0.15) is 31.2 Å². The van der Waals surface area contributed by atoms with Crippen molar-refractivity contribution in [2.45, 2.75) is 38.1 Å². The van der Waals surface area contributed by atoms with E-state index in [0.29, 0.717) is 6.04 Å². The second-order valence-electron chi connectivity index (χ2n) is 5.64. The van der Waals surface area contributed by atoms with Crippen LogP contribution >= 0.6 is 0 Å². The van der Waals surface area contributed by atoms with Crippen molar-refractivity contribution in [2.75, 3.05) is 7.05 Å². The molecule has 1 N–H and O–H groups in total. The standard InChI is InChI=1S/C15H22N2/c1-16-14(10-11-6-8-17-9-7-11)15-12-4-2-3-5-13(12)15/h6-9,12-16H,2-5,10H2,1H3. The maximum absolute atomic E-state index is 4.09. The zero-order chi connectivity index (χ0) is 11.7. The molecule has 3 atom stereocenters. The van der Waals surface area contributed by atoms with Crippen molar-refractivity contribution in [1.82, 2.24) is 10.3 Å². The molecule has 1 aromatic rings. The minimum absolute atomic E-state index is 0.672. The second kappa shape index (κ2) is 4.77. The van der Waals surface area contributed by atoms with Gasteiger partial charge in [0.25, 0.3) is 0 Å². The second-order valence-corrected chi connectivity index (χ2v) is 5.64. The number of nitrogens with zero attached hydrogens (tertiary/aromatic N) is 1. The van der Waals surface area contributed by atoms with Crippen LogP contribution in [0.4, 0.5) is 0 Å². The first-order chi connectivity index (χ1) is 8.40. The molecule has 2 fully saturated rings. The monoisotopic (exact) mass is 230 g/mol. The van der Waals surface area contributed by atoms with Crippen LogP contribution < -0.4 is 5.32 Å². The minimum Gasteiger partial charge on any atom is -0.316 e. The van der Waals surface area contributed by atoms with Crippen LogP contribution in [-0.4, -0.2) is 18.1 Å². The van der Waals surface area contributed by atoms with E-state index in [1.54, 1.807) is 0 Å². The molecule has 2 nitrogen and oxygen atoms in total. The Labute approximate surface area is 104 Å². The highest BCUT2D eigenvalue weighted by atomic mass is 14.9. The molecule has 0 saturated heterocycles. The number of pyridine rings is 1. The van der Waals surface area contributed by atoms with Gasteiger partial charge in [-0.3, -0.25) is 4.98 Å². The van der Waals surface area contributed by atoms with Gasteiger partial charge < -0.3 is 5.32 Å². The number of rotatable bonds is 4. The molecule has 2 aliphatic carbocycles. The molecule has 2 heteroatoms. The highest BCUT2D eigenvalue weighted by Crippen LogP contribution is 2.57. The van der Waals surface area contributed by atoms with Gasteiger partial charge >= 0.3 is 0 Å². The first-order valence-corrected chi connectivity index (χ1v) is 6.96. The number of hydrogen-bond acceptors (Lipinski definition) is 2. The van der Waals surface area contributed by atoms with Gasteiger partial charge in [-0.25, -0.2) is 0 Å². The Hall–Kier alpha value is -0.890. The quantitative estimate of drug-likeness (QED) is 0.860. The summed E-state index contributed by atoms with van der Waals surface area (Å²) < 4.78 is 0. The number of fused-ring (bicyclic) bond motifs is 1. The molecular weight excluding hydrogens is 208 g/mol. The summed E-state index contributed by atoms with van der Waals surface area (Å²) in [5.74, 6) is 3.00. The van der Waals surface area contributed by atoms with E-state index in [1.165, 1.54) is 31.2 Å². The molecule has 17 heavy (non-hydrogen) atoms. The Balaban J connectivity index is 1.64. The lowest BCUT2D eigenvalue weighted by molar-refractivity contribution is 0.460. The molecular formula is C15H22N2.